The molecule has 0 radical (unpaired) electrons. The molecule has 0 aromatic carbocycles. The maximum atomic E-state index is 11.0. The van der Waals surface area contributed by atoms with Crippen molar-refractivity contribution in [1.29, 1.82) is 0 Å². The van der Waals surface area contributed by atoms with Crippen LogP contribution in [0.3, 0.4) is 0 Å². The minimum atomic E-state index is -0.704. The monoisotopic (exact) mass is 192 g/mol. The van der Waals surface area contributed by atoms with Crippen molar-refractivity contribution in [3.8, 4) is 0 Å². The molecule has 0 saturated heterocycles. The summed E-state index contributed by atoms with van der Waals surface area (Å²) in [5.41, 5.74) is -0.591. The fraction of sp³-hybridized carbons (Fsp3) is 0.625. The predicted octanol–water partition coefficient (Wildman–Crippen LogP) is 2.36. The first-order chi connectivity index (χ1) is 5.24. The van der Waals surface area contributed by atoms with Gasteiger partial charge in [-0.2, -0.15) is 0 Å². The highest BCUT2D eigenvalue weighted by molar-refractivity contribution is 6.41. The van der Waals surface area contributed by atoms with Crippen molar-refractivity contribution in [2.45, 2.75) is 33.3 Å². The van der Waals surface area contributed by atoms with E-state index in [0.717, 1.165) is 0 Å². The van der Waals surface area contributed by atoms with Crippen LogP contribution in [0.15, 0.2) is 10.8 Å². The highest BCUT2D eigenvalue weighted by Gasteiger charge is 2.20. The molecule has 0 bridgehead atoms. The Morgan fingerprint density at radius 3 is 2.08 bits per heavy atom. The second-order valence-electron chi connectivity index (χ2n) is 3.40. The van der Waals surface area contributed by atoms with Gasteiger partial charge in [0.2, 0.25) is 0 Å². The largest absolute Gasteiger partial charge is 0.511 e. The van der Waals surface area contributed by atoms with Gasteiger partial charge in [0.1, 0.15) is 11.4 Å². The van der Waals surface area contributed by atoms with Crippen molar-refractivity contribution in [2.24, 2.45) is 0 Å². The highest BCUT2D eigenvalue weighted by atomic mass is 35.5. The lowest BCUT2D eigenvalue weighted by atomic mass is 10.2. The molecule has 1 N–H and O–H groups in total. The molecule has 4 heteroatoms. The molecule has 0 aliphatic heterocycles. The third kappa shape index (κ3) is 4.23. The molecule has 0 spiro atoms. The van der Waals surface area contributed by atoms with Crippen LogP contribution in [0.1, 0.15) is 27.7 Å². The van der Waals surface area contributed by atoms with Gasteiger partial charge in [0, 0.05) is 0 Å². The maximum Gasteiger partial charge on any atom is 0.353 e. The molecule has 12 heavy (non-hydrogen) atoms. The summed E-state index contributed by atoms with van der Waals surface area (Å²) in [4.78, 5) is 11.0. The minimum absolute atomic E-state index is 0.231. The van der Waals surface area contributed by atoms with E-state index < -0.39 is 11.6 Å². The molecule has 0 unspecified atom stereocenters. The van der Waals surface area contributed by atoms with E-state index in [1.165, 1.54) is 6.92 Å². The summed E-state index contributed by atoms with van der Waals surface area (Å²) < 4.78 is 4.87. The first-order valence-electron chi connectivity index (χ1n) is 3.52. The summed E-state index contributed by atoms with van der Waals surface area (Å²) in [6.07, 6.45) is 0. The second-order valence-corrected chi connectivity index (χ2v) is 3.78. The number of esters is 1. The third-order valence-electron chi connectivity index (χ3n) is 0.896. The van der Waals surface area contributed by atoms with Gasteiger partial charge in [-0.05, 0) is 27.7 Å². The number of halogens is 1. The van der Waals surface area contributed by atoms with Crippen LogP contribution in [0, 0.1) is 0 Å². The SMILES string of the molecule is CC(O)=C(Cl)C(=O)OC(C)(C)C. The Morgan fingerprint density at radius 1 is 1.42 bits per heavy atom. The van der Waals surface area contributed by atoms with E-state index in [9.17, 15) is 4.79 Å². The van der Waals surface area contributed by atoms with E-state index in [4.69, 9.17) is 21.4 Å². The van der Waals surface area contributed by atoms with E-state index in [1.54, 1.807) is 20.8 Å². The topological polar surface area (TPSA) is 46.5 Å². The zero-order valence-electron chi connectivity index (χ0n) is 7.64. The molecular formula is C8H13ClO3. The molecule has 0 aliphatic carbocycles. The Labute approximate surface area is 77.0 Å². The molecule has 0 rings (SSSR count). The summed E-state index contributed by atoms with van der Waals surface area (Å²) in [7, 11) is 0. The van der Waals surface area contributed by atoms with Crippen LogP contribution in [0.25, 0.3) is 0 Å². The van der Waals surface area contributed by atoms with Gasteiger partial charge in [-0.1, -0.05) is 11.6 Å². The summed E-state index contributed by atoms with van der Waals surface area (Å²) in [5, 5.41) is 8.56. The van der Waals surface area contributed by atoms with Crippen LogP contribution in [-0.2, 0) is 9.53 Å². The molecular weight excluding hydrogens is 180 g/mol. The average Bonchev–Trinajstić information content (AvgIpc) is 1.82. The van der Waals surface area contributed by atoms with E-state index >= 15 is 0 Å². The standard InChI is InChI=1S/C8H13ClO3/c1-5(10)6(9)7(11)12-8(2,3)4/h10H,1-4H3. The van der Waals surface area contributed by atoms with Crippen molar-refractivity contribution in [1.82, 2.24) is 0 Å². The van der Waals surface area contributed by atoms with Crippen LogP contribution in [0.5, 0.6) is 0 Å². The fourth-order valence-electron chi connectivity index (χ4n) is 0.471. The summed E-state index contributed by atoms with van der Waals surface area (Å²) in [5.74, 6) is -0.935. The van der Waals surface area contributed by atoms with Gasteiger partial charge < -0.3 is 9.84 Å². The Kier molecular flexibility index (Phi) is 3.58. The molecule has 0 heterocycles. The molecule has 0 atom stereocenters. The van der Waals surface area contributed by atoms with Crippen molar-refractivity contribution >= 4 is 17.6 Å². The zero-order chi connectivity index (χ0) is 9.94. The van der Waals surface area contributed by atoms with Crippen molar-refractivity contribution < 1.29 is 14.6 Å². The Bertz CT molecular complexity index is 209. The van der Waals surface area contributed by atoms with Gasteiger partial charge in [0.25, 0.3) is 0 Å². The Morgan fingerprint density at radius 2 is 1.83 bits per heavy atom. The summed E-state index contributed by atoms with van der Waals surface area (Å²) >= 11 is 5.43. The maximum absolute atomic E-state index is 11.0. The fourth-order valence-corrected chi connectivity index (χ4v) is 0.509. The molecule has 0 aromatic rings. The molecule has 0 aliphatic rings. The number of hydrogen-bond donors (Lipinski definition) is 1. The molecule has 70 valence electrons. The summed E-state index contributed by atoms with van der Waals surface area (Å²) in [6.45, 7) is 6.50. The lowest BCUT2D eigenvalue weighted by Gasteiger charge is -2.19. The van der Waals surface area contributed by atoms with E-state index in [2.05, 4.69) is 0 Å². The van der Waals surface area contributed by atoms with Crippen LogP contribution < -0.4 is 0 Å². The van der Waals surface area contributed by atoms with Gasteiger partial charge in [-0.25, -0.2) is 4.79 Å². The van der Waals surface area contributed by atoms with Crippen molar-refractivity contribution in [3.05, 3.63) is 10.8 Å². The predicted molar refractivity (Wildman–Crippen MR) is 47.0 cm³/mol. The van der Waals surface area contributed by atoms with Gasteiger partial charge >= 0.3 is 5.97 Å². The molecule has 0 amide bonds. The smallest absolute Gasteiger partial charge is 0.353 e. The molecule has 0 aromatic heterocycles. The van der Waals surface area contributed by atoms with E-state index in [-0.39, 0.29) is 10.8 Å². The van der Waals surface area contributed by atoms with Gasteiger partial charge in [-0.15, -0.1) is 0 Å². The molecule has 3 nitrogen and oxygen atoms in total. The van der Waals surface area contributed by atoms with Crippen LogP contribution in [-0.4, -0.2) is 16.7 Å². The number of allylic oxidation sites excluding steroid dienone is 1. The normalized spacial score (nSPS) is 13.8. The minimum Gasteiger partial charge on any atom is -0.511 e. The van der Waals surface area contributed by atoms with Gasteiger partial charge in [-0.3, -0.25) is 0 Å². The number of carbonyl (C=O) groups excluding carboxylic acids is 1. The second kappa shape index (κ2) is 3.81. The third-order valence-corrected chi connectivity index (χ3v) is 1.32. The van der Waals surface area contributed by atoms with Crippen LogP contribution in [0.4, 0.5) is 0 Å². The van der Waals surface area contributed by atoms with E-state index in [1.807, 2.05) is 0 Å². The zero-order valence-corrected chi connectivity index (χ0v) is 8.40. The van der Waals surface area contributed by atoms with E-state index in [0.29, 0.717) is 0 Å². The lowest BCUT2D eigenvalue weighted by molar-refractivity contribution is -0.149. The number of aliphatic hydroxyl groups is 1. The highest BCUT2D eigenvalue weighted by Crippen LogP contribution is 2.15. The van der Waals surface area contributed by atoms with Gasteiger partial charge in [0.05, 0.1) is 0 Å². The number of ether oxygens (including phenoxy) is 1. The first kappa shape index (κ1) is 11.3. The van der Waals surface area contributed by atoms with Crippen LogP contribution in [0.2, 0.25) is 0 Å². The summed E-state index contributed by atoms with van der Waals surface area (Å²) in [6, 6.07) is 0. The molecule has 0 saturated carbocycles. The van der Waals surface area contributed by atoms with Crippen molar-refractivity contribution in [2.75, 3.05) is 0 Å². The van der Waals surface area contributed by atoms with Crippen LogP contribution >= 0.6 is 11.6 Å². The Hall–Kier alpha value is -0.700. The quantitative estimate of drug-likeness (QED) is 0.394. The first-order valence-corrected chi connectivity index (χ1v) is 3.90. The molecule has 0 fully saturated rings. The van der Waals surface area contributed by atoms with Gasteiger partial charge in [0.15, 0.2) is 5.03 Å². The number of aliphatic hydroxyl groups excluding tert-OH is 1. The number of carbonyl (C=O) groups is 1. The van der Waals surface area contributed by atoms with Crippen molar-refractivity contribution in [3.63, 3.8) is 0 Å². The average molecular weight is 193 g/mol. The number of rotatable bonds is 1. The Balaban J connectivity index is 4.36. The lowest BCUT2D eigenvalue weighted by Crippen LogP contribution is -2.24. The number of hydrogen-bond acceptors (Lipinski definition) is 3.